The Kier molecular flexibility index (Phi) is 7.83. The summed E-state index contributed by atoms with van der Waals surface area (Å²) in [5.74, 6) is 1.19. The number of anilines is 1. The normalized spacial score (nSPS) is 10.7. The first kappa shape index (κ1) is 22.4. The van der Waals surface area contributed by atoms with Gasteiger partial charge >= 0.3 is 0 Å². The lowest BCUT2D eigenvalue weighted by Gasteiger charge is -2.16. The second kappa shape index (κ2) is 10.1. The molecule has 0 atom stereocenters. The van der Waals surface area contributed by atoms with Crippen LogP contribution in [0.3, 0.4) is 0 Å². The molecule has 29 heavy (non-hydrogen) atoms. The summed E-state index contributed by atoms with van der Waals surface area (Å²) >= 11 is 27.9. The number of hydrogen-bond donors (Lipinski definition) is 1. The molecule has 3 aromatic carbocycles. The third-order valence-corrected chi connectivity index (χ3v) is 5.81. The first-order valence-corrected chi connectivity index (χ1v) is 10.8. The molecule has 0 unspecified atom stereocenters. The second-order valence-electron chi connectivity index (χ2n) is 6.11. The molecule has 3 aromatic rings. The highest BCUT2D eigenvalue weighted by molar-refractivity contribution is 9.10. The molecule has 0 aliphatic carbocycles. The molecule has 3 rings (SSSR count). The summed E-state index contributed by atoms with van der Waals surface area (Å²) in [6.07, 6.45) is 0. The monoisotopic (exact) mass is 533 g/mol. The molecule has 0 saturated carbocycles. The van der Waals surface area contributed by atoms with Gasteiger partial charge in [-0.2, -0.15) is 0 Å². The van der Waals surface area contributed by atoms with Crippen molar-refractivity contribution >= 4 is 68.0 Å². The van der Waals surface area contributed by atoms with E-state index in [0.717, 1.165) is 21.3 Å². The highest BCUT2D eigenvalue weighted by Crippen LogP contribution is 2.38. The lowest BCUT2D eigenvalue weighted by Crippen LogP contribution is -2.03. The van der Waals surface area contributed by atoms with Gasteiger partial charge in [-0.1, -0.05) is 52.5 Å². The number of halogens is 5. The average Bonchev–Trinajstić information content (AvgIpc) is 2.67. The molecule has 0 heterocycles. The maximum absolute atomic E-state index is 6.22. The lowest BCUT2D eigenvalue weighted by atomic mass is 10.2. The Balaban J connectivity index is 1.74. The van der Waals surface area contributed by atoms with Gasteiger partial charge in [0, 0.05) is 27.2 Å². The van der Waals surface area contributed by atoms with Crippen molar-refractivity contribution in [2.24, 2.45) is 0 Å². The first-order valence-electron chi connectivity index (χ1n) is 8.49. The van der Waals surface area contributed by atoms with Crippen LogP contribution >= 0.6 is 62.3 Å². The molecule has 0 radical (unpaired) electrons. The van der Waals surface area contributed by atoms with E-state index in [4.69, 9.17) is 55.9 Å². The molecule has 0 amide bonds. The molecule has 0 aliphatic rings. The van der Waals surface area contributed by atoms with Crippen LogP contribution in [0.25, 0.3) is 0 Å². The zero-order valence-electron chi connectivity index (χ0n) is 15.2. The smallest absolute Gasteiger partial charge is 0.175 e. The van der Waals surface area contributed by atoms with Crippen LogP contribution < -0.4 is 14.8 Å². The fraction of sp³-hybridized carbons (Fsp3) is 0.143. The zero-order chi connectivity index (χ0) is 21.0. The van der Waals surface area contributed by atoms with Crippen molar-refractivity contribution in [2.45, 2.75) is 13.2 Å². The maximum Gasteiger partial charge on any atom is 0.175 e. The van der Waals surface area contributed by atoms with Crippen molar-refractivity contribution in [3.63, 3.8) is 0 Å². The van der Waals surface area contributed by atoms with Gasteiger partial charge in [-0.3, -0.25) is 0 Å². The predicted octanol–water partition coefficient (Wildman–Crippen LogP) is 8.26. The van der Waals surface area contributed by atoms with Crippen molar-refractivity contribution in [2.75, 3.05) is 12.4 Å². The summed E-state index contributed by atoms with van der Waals surface area (Å²) in [7, 11) is 1.59. The molecule has 0 aliphatic heterocycles. The number of rotatable bonds is 7. The minimum absolute atomic E-state index is 0.281. The van der Waals surface area contributed by atoms with Gasteiger partial charge in [0.25, 0.3) is 0 Å². The average molecular weight is 536 g/mol. The summed E-state index contributed by atoms with van der Waals surface area (Å²) in [5.41, 5.74) is 2.61. The molecule has 152 valence electrons. The van der Waals surface area contributed by atoms with Crippen LogP contribution in [0.1, 0.15) is 11.1 Å². The van der Waals surface area contributed by atoms with Crippen molar-refractivity contribution < 1.29 is 9.47 Å². The summed E-state index contributed by atoms with van der Waals surface area (Å²) in [4.78, 5) is 0. The molecule has 0 fully saturated rings. The Bertz CT molecular complexity index is 1030. The molecule has 0 aromatic heterocycles. The largest absolute Gasteiger partial charge is 0.493 e. The van der Waals surface area contributed by atoms with E-state index in [2.05, 4.69) is 21.2 Å². The zero-order valence-corrected chi connectivity index (χ0v) is 19.8. The Labute approximate surface area is 197 Å². The molecular formula is C21H16BrCl4NO2. The molecule has 0 saturated heterocycles. The van der Waals surface area contributed by atoms with E-state index in [1.807, 2.05) is 24.3 Å². The van der Waals surface area contributed by atoms with Crippen LogP contribution in [0.2, 0.25) is 20.1 Å². The van der Waals surface area contributed by atoms with Gasteiger partial charge in [-0.05, 0) is 64.0 Å². The Morgan fingerprint density at radius 3 is 2.24 bits per heavy atom. The van der Waals surface area contributed by atoms with Gasteiger partial charge in [-0.15, -0.1) is 0 Å². The van der Waals surface area contributed by atoms with E-state index in [0.29, 0.717) is 38.1 Å². The van der Waals surface area contributed by atoms with Gasteiger partial charge in [0.05, 0.1) is 22.3 Å². The minimum Gasteiger partial charge on any atom is -0.493 e. The van der Waals surface area contributed by atoms with Crippen molar-refractivity contribution in [3.8, 4) is 11.5 Å². The summed E-state index contributed by atoms with van der Waals surface area (Å²) in [6, 6.07) is 14.5. The van der Waals surface area contributed by atoms with Gasteiger partial charge < -0.3 is 14.8 Å². The van der Waals surface area contributed by atoms with Crippen molar-refractivity contribution in [3.05, 3.63) is 84.2 Å². The van der Waals surface area contributed by atoms with Crippen LogP contribution in [-0.4, -0.2) is 7.11 Å². The van der Waals surface area contributed by atoms with E-state index in [-0.39, 0.29) is 6.61 Å². The highest BCUT2D eigenvalue weighted by atomic mass is 79.9. The van der Waals surface area contributed by atoms with E-state index < -0.39 is 0 Å². The van der Waals surface area contributed by atoms with Crippen LogP contribution in [0, 0.1) is 0 Å². The number of methoxy groups -OCH3 is 1. The fourth-order valence-electron chi connectivity index (χ4n) is 2.63. The number of benzene rings is 3. The Morgan fingerprint density at radius 2 is 1.59 bits per heavy atom. The molecule has 0 bridgehead atoms. The van der Waals surface area contributed by atoms with Crippen LogP contribution in [0.4, 0.5) is 5.69 Å². The molecule has 1 N–H and O–H groups in total. The second-order valence-corrected chi connectivity index (χ2v) is 8.65. The summed E-state index contributed by atoms with van der Waals surface area (Å²) in [6.45, 7) is 0.822. The third-order valence-electron chi connectivity index (χ3n) is 4.09. The van der Waals surface area contributed by atoms with Gasteiger partial charge in [0.1, 0.15) is 6.61 Å². The van der Waals surface area contributed by atoms with Gasteiger partial charge in [0.15, 0.2) is 11.5 Å². The third kappa shape index (κ3) is 5.87. The number of hydrogen-bond acceptors (Lipinski definition) is 3. The van der Waals surface area contributed by atoms with Crippen LogP contribution in [-0.2, 0) is 13.2 Å². The lowest BCUT2D eigenvalue weighted by molar-refractivity contribution is 0.282. The standard InChI is InChI=1S/C21H16BrCl4NO2/c1-28-20-7-12(10-27-19-5-4-15(24)9-18(19)26)6-16(22)21(20)29-11-13-2-3-14(23)8-17(13)25/h2-9,27H,10-11H2,1H3. The Hall–Kier alpha value is -1.30. The van der Waals surface area contributed by atoms with Crippen molar-refractivity contribution in [1.29, 1.82) is 0 Å². The van der Waals surface area contributed by atoms with Gasteiger partial charge in [-0.25, -0.2) is 0 Å². The predicted molar refractivity (Wildman–Crippen MR) is 125 cm³/mol. The van der Waals surface area contributed by atoms with Crippen molar-refractivity contribution in [1.82, 2.24) is 0 Å². The topological polar surface area (TPSA) is 30.5 Å². The van der Waals surface area contributed by atoms with E-state index in [9.17, 15) is 0 Å². The number of ether oxygens (including phenoxy) is 2. The SMILES string of the molecule is COc1cc(CNc2ccc(Cl)cc2Cl)cc(Br)c1OCc1ccc(Cl)cc1Cl. The minimum atomic E-state index is 0.281. The van der Waals surface area contributed by atoms with Crippen LogP contribution in [0.5, 0.6) is 11.5 Å². The maximum atomic E-state index is 6.22. The Morgan fingerprint density at radius 1 is 0.897 bits per heavy atom. The fourth-order valence-corrected chi connectivity index (χ4v) is 4.18. The van der Waals surface area contributed by atoms with Crippen LogP contribution in [0.15, 0.2) is 53.0 Å². The van der Waals surface area contributed by atoms with E-state index in [1.165, 1.54) is 0 Å². The first-order chi connectivity index (χ1) is 13.9. The van der Waals surface area contributed by atoms with Gasteiger partial charge in [0.2, 0.25) is 0 Å². The summed E-state index contributed by atoms with van der Waals surface area (Å²) < 4.78 is 12.2. The molecular weight excluding hydrogens is 520 g/mol. The van der Waals surface area contributed by atoms with E-state index >= 15 is 0 Å². The molecule has 8 heteroatoms. The van der Waals surface area contributed by atoms with E-state index in [1.54, 1.807) is 31.4 Å². The molecule has 0 spiro atoms. The molecule has 3 nitrogen and oxygen atoms in total. The highest BCUT2D eigenvalue weighted by Gasteiger charge is 2.13. The number of nitrogens with one attached hydrogen (secondary N) is 1. The quantitative estimate of drug-likeness (QED) is 0.330. The summed E-state index contributed by atoms with van der Waals surface area (Å²) in [5, 5.41) is 5.56.